The summed E-state index contributed by atoms with van der Waals surface area (Å²) in [6, 6.07) is 5.74. The number of aryl methyl sites for hydroxylation is 2. The molecule has 3 aliphatic rings. The molecular weight excluding hydrogens is 510 g/mol. The van der Waals surface area contributed by atoms with E-state index in [0.717, 1.165) is 55.4 Å². The molecule has 200 valence electrons. The summed E-state index contributed by atoms with van der Waals surface area (Å²) in [5.41, 5.74) is 3.58. The molecule has 1 N–H and O–H groups in total. The number of fused-ring (bicyclic) bond motifs is 5. The molecule has 1 heterocycles. The van der Waals surface area contributed by atoms with Gasteiger partial charge in [-0.3, -0.25) is 4.79 Å². The highest BCUT2D eigenvalue weighted by molar-refractivity contribution is 7.86. The highest BCUT2D eigenvalue weighted by atomic mass is 32.2. The molecule has 1 aromatic carbocycles. The van der Waals surface area contributed by atoms with Gasteiger partial charge in [0.05, 0.1) is 12.0 Å². The molecule has 0 radical (unpaired) electrons. The zero-order valence-corrected chi connectivity index (χ0v) is 23.5. The summed E-state index contributed by atoms with van der Waals surface area (Å²) in [7, 11) is -1.95. The fourth-order valence-corrected chi connectivity index (χ4v) is 8.43. The lowest BCUT2D eigenvalue weighted by atomic mass is 9.54. The van der Waals surface area contributed by atoms with Gasteiger partial charge in [0.25, 0.3) is 0 Å². The number of amides is 1. The number of benzene rings is 1. The van der Waals surface area contributed by atoms with Crippen LogP contribution in [-0.2, 0) is 26.2 Å². The molecule has 1 amide bonds. The average molecular weight is 546 g/mol. The first kappa shape index (κ1) is 26.2. The second kappa shape index (κ2) is 10.0. The fourth-order valence-electron chi connectivity index (χ4n) is 7.29. The van der Waals surface area contributed by atoms with Gasteiger partial charge in [-0.15, -0.1) is 11.3 Å². The minimum absolute atomic E-state index is 0.00735. The maximum Gasteiger partial charge on any atom is 0.306 e. The van der Waals surface area contributed by atoms with Crippen molar-refractivity contribution in [2.24, 2.45) is 28.3 Å². The number of carbonyl (C=O) groups is 1. The number of nitrogens with one attached hydrogen (secondary N) is 1. The molecule has 5 unspecified atom stereocenters. The van der Waals surface area contributed by atoms with Gasteiger partial charge >= 0.3 is 10.1 Å². The molecule has 0 spiro atoms. The minimum Gasteiger partial charge on any atom is -0.399 e. The molecule has 3 aliphatic carbocycles. The normalized spacial score (nSPS) is 29.8. The van der Waals surface area contributed by atoms with E-state index in [1.165, 1.54) is 22.5 Å². The van der Waals surface area contributed by atoms with Crippen LogP contribution in [-0.4, -0.2) is 38.4 Å². The van der Waals surface area contributed by atoms with Gasteiger partial charge in [0.1, 0.15) is 12.9 Å². The van der Waals surface area contributed by atoms with Crippen molar-refractivity contribution in [3.8, 4) is 5.75 Å². The van der Waals surface area contributed by atoms with Gasteiger partial charge in [-0.25, -0.2) is 4.98 Å². The number of thiazole rings is 1. The second-order valence-corrected chi connectivity index (χ2v) is 13.8. The molecule has 2 aromatic rings. The van der Waals surface area contributed by atoms with Crippen molar-refractivity contribution < 1.29 is 22.2 Å². The number of carbonyl (C=O) groups excluding carboxylic acids is 1. The molecule has 8 nitrogen and oxygen atoms in total. The zero-order valence-electron chi connectivity index (χ0n) is 21.8. The van der Waals surface area contributed by atoms with Crippen molar-refractivity contribution in [2.45, 2.75) is 64.7 Å². The Morgan fingerprint density at radius 2 is 2.14 bits per heavy atom. The highest BCUT2D eigenvalue weighted by Crippen LogP contribution is 2.62. The second-order valence-electron chi connectivity index (χ2n) is 11.0. The number of nitrogens with zero attached hydrogens (tertiary/aromatic N) is 2. The topological polar surface area (TPSA) is 107 Å². The van der Waals surface area contributed by atoms with Crippen molar-refractivity contribution in [3.05, 3.63) is 40.4 Å². The maximum absolute atomic E-state index is 12.7. The maximum atomic E-state index is 12.7. The summed E-state index contributed by atoms with van der Waals surface area (Å²) in [6.45, 7) is 4.31. The lowest BCUT2D eigenvalue weighted by molar-refractivity contribution is -0.116. The van der Waals surface area contributed by atoms with Gasteiger partial charge in [-0.1, -0.05) is 18.1 Å². The number of oxime groups is 1. The van der Waals surface area contributed by atoms with E-state index in [4.69, 9.17) is 9.02 Å². The zero-order chi connectivity index (χ0) is 26.4. The number of hydrogen-bond donors (Lipinski definition) is 1. The molecule has 0 aliphatic heterocycles. The summed E-state index contributed by atoms with van der Waals surface area (Å²) in [6.07, 6.45) is 8.94. The molecule has 0 bridgehead atoms. The van der Waals surface area contributed by atoms with Crippen LogP contribution < -0.4 is 9.50 Å². The van der Waals surface area contributed by atoms with Gasteiger partial charge in [0.2, 0.25) is 5.91 Å². The van der Waals surface area contributed by atoms with E-state index in [1.807, 2.05) is 13.0 Å². The number of hydrogen-bond acceptors (Lipinski definition) is 8. The summed E-state index contributed by atoms with van der Waals surface area (Å²) in [5, 5.41) is 8.10. The third-order valence-electron chi connectivity index (χ3n) is 8.63. The number of anilines is 1. The van der Waals surface area contributed by atoms with Crippen LogP contribution in [0.4, 0.5) is 5.13 Å². The van der Waals surface area contributed by atoms with Crippen LogP contribution in [0.2, 0.25) is 0 Å². The Balaban J connectivity index is 1.37. The molecular formula is C27H35N3O5S2. The Kier molecular flexibility index (Phi) is 7.08. The van der Waals surface area contributed by atoms with Gasteiger partial charge in [0.15, 0.2) is 5.13 Å². The van der Waals surface area contributed by atoms with E-state index in [0.29, 0.717) is 41.0 Å². The van der Waals surface area contributed by atoms with Crippen LogP contribution in [0, 0.1) is 30.1 Å². The molecule has 2 fully saturated rings. The summed E-state index contributed by atoms with van der Waals surface area (Å²) in [4.78, 5) is 23.4. The van der Waals surface area contributed by atoms with E-state index in [2.05, 4.69) is 28.4 Å². The Morgan fingerprint density at radius 1 is 1.32 bits per heavy atom. The molecule has 5 rings (SSSR count). The molecule has 5 atom stereocenters. The van der Waals surface area contributed by atoms with Crippen LogP contribution in [0.1, 0.15) is 67.4 Å². The van der Waals surface area contributed by atoms with Crippen LogP contribution >= 0.6 is 11.3 Å². The van der Waals surface area contributed by atoms with Crippen molar-refractivity contribution in [1.29, 1.82) is 0 Å². The highest BCUT2D eigenvalue weighted by Gasteiger charge is 2.57. The van der Waals surface area contributed by atoms with Crippen molar-refractivity contribution in [3.63, 3.8) is 0 Å². The molecule has 10 heteroatoms. The first-order valence-electron chi connectivity index (χ1n) is 12.9. The van der Waals surface area contributed by atoms with E-state index < -0.39 is 10.1 Å². The largest absolute Gasteiger partial charge is 0.399 e. The molecule has 2 saturated carbocycles. The predicted octanol–water partition coefficient (Wildman–Crippen LogP) is 5.29. The Morgan fingerprint density at radius 3 is 2.84 bits per heavy atom. The molecule has 0 saturated heterocycles. The van der Waals surface area contributed by atoms with Gasteiger partial charge in [-0.05, 0) is 92.4 Å². The van der Waals surface area contributed by atoms with Gasteiger partial charge in [0, 0.05) is 22.9 Å². The smallest absolute Gasteiger partial charge is 0.306 e. The Labute approximate surface area is 223 Å². The summed E-state index contributed by atoms with van der Waals surface area (Å²) in [5.74, 6) is 2.04. The first-order valence-corrected chi connectivity index (χ1v) is 15.6. The third kappa shape index (κ3) is 5.27. The number of aromatic nitrogens is 1. The standard InChI is InChI=1S/C27H35N3O5S2/c1-16-15-28-26(36-16)29-24(31)10-6-18-14-23(30-34-3)27(2)12-11-21-20-9-7-19(35-37(4,32)33)13-17(20)5-8-22(21)25(18)27/h7,9,13,15,18,21-22,25H,5-6,8,10-12,14H2,1-4H3,(H,28,29,31)/b30-23+. The van der Waals surface area contributed by atoms with E-state index in [1.54, 1.807) is 19.4 Å². The summed E-state index contributed by atoms with van der Waals surface area (Å²) >= 11 is 1.49. The molecule has 1 aromatic heterocycles. The minimum atomic E-state index is -3.56. The van der Waals surface area contributed by atoms with Gasteiger partial charge < -0.3 is 14.3 Å². The van der Waals surface area contributed by atoms with Crippen molar-refractivity contribution >= 4 is 38.2 Å². The van der Waals surface area contributed by atoms with Gasteiger partial charge in [-0.2, -0.15) is 8.42 Å². The van der Waals surface area contributed by atoms with E-state index >= 15 is 0 Å². The fraction of sp³-hybridized carbons (Fsp3) is 0.593. The third-order valence-corrected chi connectivity index (χ3v) is 9.95. The van der Waals surface area contributed by atoms with Crippen molar-refractivity contribution in [1.82, 2.24) is 4.98 Å². The SMILES string of the molecule is CO/N=C1\CC(CCC(=O)Nc2ncc(C)s2)C2C3CCc4cc(OS(C)(=O)=O)ccc4C3CCC12C. The molecule has 37 heavy (non-hydrogen) atoms. The first-order chi connectivity index (χ1) is 17.6. The lowest BCUT2D eigenvalue weighted by Gasteiger charge is -2.50. The van der Waals surface area contributed by atoms with E-state index in [9.17, 15) is 13.2 Å². The average Bonchev–Trinajstić information content (AvgIpc) is 3.36. The summed E-state index contributed by atoms with van der Waals surface area (Å²) < 4.78 is 28.4. The van der Waals surface area contributed by atoms with Crippen molar-refractivity contribution in [2.75, 3.05) is 18.7 Å². The van der Waals surface area contributed by atoms with Crippen LogP contribution in [0.15, 0.2) is 29.6 Å². The van der Waals surface area contributed by atoms with Crippen LogP contribution in [0.5, 0.6) is 5.75 Å². The number of rotatable bonds is 7. The van der Waals surface area contributed by atoms with Crippen LogP contribution in [0.25, 0.3) is 0 Å². The Bertz CT molecular complexity index is 1320. The van der Waals surface area contributed by atoms with E-state index in [-0.39, 0.29) is 11.3 Å². The predicted molar refractivity (Wildman–Crippen MR) is 145 cm³/mol. The Hall–Kier alpha value is -2.46. The quantitative estimate of drug-likeness (QED) is 0.374. The lowest BCUT2D eigenvalue weighted by Crippen LogP contribution is -2.44. The van der Waals surface area contributed by atoms with Crippen LogP contribution in [0.3, 0.4) is 0 Å². The monoisotopic (exact) mass is 545 g/mol.